The Morgan fingerprint density at radius 1 is 1.31 bits per heavy atom. The van der Waals surface area contributed by atoms with Gasteiger partial charge >= 0.3 is 0 Å². The molecule has 2 unspecified atom stereocenters. The highest BCUT2D eigenvalue weighted by Gasteiger charge is 2.26. The molecule has 2 atom stereocenters. The van der Waals surface area contributed by atoms with Crippen molar-refractivity contribution in [1.29, 1.82) is 0 Å². The van der Waals surface area contributed by atoms with E-state index in [4.69, 9.17) is 0 Å². The Balaban J connectivity index is 2.01. The fourth-order valence-corrected chi connectivity index (χ4v) is 2.76. The van der Waals surface area contributed by atoms with Gasteiger partial charge in [0.1, 0.15) is 5.82 Å². The predicted octanol–water partition coefficient (Wildman–Crippen LogP) is 3.15. The molecule has 88 valence electrons. The molecular weight excluding hydrogens is 201 g/mol. The maximum Gasteiger partial charge on any atom is 0.126 e. The first-order valence-electron chi connectivity index (χ1n) is 6.28. The molecule has 1 N–H and O–H groups in total. The van der Waals surface area contributed by atoms with Gasteiger partial charge in [-0.05, 0) is 43.4 Å². The normalized spacial score (nSPS) is 24.9. The van der Waals surface area contributed by atoms with Gasteiger partial charge in [-0.2, -0.15) is 0 Å². The lowest BCUT2D eigenvalue weighted by atomic mass is 9.94. The van der Waals surface area contributed by atoms with Gasteiger partial charge in [-0.1, -0.05) is 31.5 Å². The molecule has 0 saturated heterocycles. The quantitative estimate of drug-likeness (QED) is 0.823. The van der Waals surface area contributed by atoms with Gasteiger partial charge in [0.25, 0.3) is 0 Å². The maximum atomic E-state index is 13.5. The van der Waals surface area contributed by atoms with Crippen molar-refractivity contribution in [2.24, 2.45) is 5.92 Å². The van der Waals surface area contributed by atoms with Crippen molar-refractivity contribution in [2.75, 3.05) is 6.54 Å². The van der Waals surface area contributed by atoms with Crippen molar-refractivity contribution in [3.63, 3.8) is 0 Å². The first kappa shape index (κ1) is 11.6. The Hall–Kier alpha value is -0.890. The van der Waals surface area contributed by atoms with Gasteiger partial charge in [-0.25, -0.2) is 4.39 Å². The molecule has 0 radical (unpaired) electrons. The van der Waals surface area contributed by atoms with E-state index < -0.39 is 0 Å². The standard InChI is InChI=1S/C14H20FN/c1-2-16-14-9-5-7-12(14)10-11-6-3-4-8-13(11)15/h3-4,6,8,12,14,16H,2,5,7,9-10H2,1H3. The highest BCUT2D eigenvalue weighted by atomic mass is 19.1. The number of benzene rings is 1. The molecule has 0 aromatic heterocycles. The van der Waals surface area contributed by atoms with E-state index in [1.54, 1.807) is 12.1 Å². The van der Waals surface area contributed by atoms with Crippen molar-refractivity contribution in [3.8, 4) is 0 Å². The zero-order valence-electron chi connectivity index (χ0n) is 9.88. The largest absolute Gasteiger partial charge is 0.314 e. The van der Waals surface area contributed by atoms with Crippen molar-refractivity contribution in [2.45, 2.75) is 38.6 Å². The van der Waals surface area contributed by atoms with Crippen LogP contribution in [0, 0.1) is 11.7 Å². The van der Waals surface area contributed by atoms with Crippen LogP contribution in [0.25, 0.3) is 0 Å². The minimum absolute atomic E-state index is 0.0513. The Labute approximate surface area is 97.1 Å². The molecule has 2 rings (SSSR count). The second-order valence-corrected chi connectivity index (χ2v) is 4.65. The number of halogens is 1. The van der Waals surface area contributed by atoms with Crippen LogP contribution in [-0.2, 0) is 6.42 Å². The monoisotopic (exact) mass is 221 g/mol. The molecular formula is C14H20FN. The number of nitrogens with one attached hydrogen (secondary N) is 1. The zero-order valence-corrected chi connectivity index (χ0v) is 9.88. The smallest absolute Gasteiger partial charge is 0.126 e. The topological polar surface area (TPSA) is 12.0 Å². The zero-order chi connectivity index (χ0) is 11.4. The summed E-state index contributed by atoms with van der Waals surface area (Å²) in [6.07, 6.45) is 4.63. The average molecular weight is 221 g/mol. The van der Waals surface area contributed by atoms with Crippen molar-refractivity contribution >= 4 is 0 Å². The lowest BCUT2D eigenvalue weighted by Crippen LogP contribution is -2.33. The molecule has 0 amide bonds. The molecule has 1 aliphatic carbocycles. The first-order valence-corrected chi connectivity index (χ1v) is 6.28. The molecule has 16 heavy (non-hydrogen) atoms. The van der Waals surface area contributed by atoms with Crippen LogP contribution in [0.2, 0.25) is 0 Å². The van der Waals surface area contributed by atoms with Crippen molar-refractivity contribution < 1.29 is 4.39 Å². The summed E-state index contributed by atoms with van der Waals surface area (Å²) >= 11 is 0. The van der Waals surface area contributed by atoms with E-state index in [1.807, 2.05) is 12.1 Å². The molecule has 1 fully saturated rings. The summed E-state index contributed by atoms with van der Waals surface area (Å²) in [5.41, 5.74) is 0.873. The van der Waals surface area contributed by atoms with Crippen LogP contribution in [0.3, 0.4) is 0 Å². The summed E-state index contributed by atoms with van der Waals surface area (Å²) in [6.45, 7) is 3.15. The van der Waals surface area contributed by atoms with Crippen LogP contribution in [0.15, 0.2) is 24.3 Å². The lowest BCUT2D eigenvalue weighted by Gasteiger charge is -2.20. The Morgan fingerprint density at radius 3 is 2.88 bits per heavy atom. The third-order valence-corrected chi connectivity index (χ3v) is 3.57. The fourth-order valence-electron chi connectivity index (χ4n) is 2.76. The van der Waals surface area contributed by atoms with Crippen LogP contribution in [0.4, 0.5) is 4.39 Å². The van der Waals surface area contributed by atoms with Crippen LogP contribution < -0.4 is 5.32 Å². The SMILES string of the molecule is CCNC1CCCC1Cc1ccccc1F. The molecule has 1 saturated carbocycles. The van der Waals surface area contributed by atoms with E-state index >= 15 is 0 Å². The molecule has 0 bridgehead atoms. The molecule has 1 aromatic rings. The number of rotatable bonds is 4. The Bertz CT molecular complexity index is 337. The van der Waals surface area contributed by atoms with Gasteiger partial charge in [0.15, 0.2) is 0 Å². The fraction of sp³-hybridized carbons (Fsp3) is 0.571. The van der Waals surface area contributed by atoms with E-state index in [0.717, 1.165) is 18.5 Å². The van der Waals surface area contributed by atoms with Crippen LogP contribution in [0.5, 0.6) is 0 Å². The Kier molecular flexibility index (Phi) is 3.94. The summed E-state index contributed by atoms with van der Waals surface area (Å²) in [4.78, 5) is 0. The van der Waals surface area contributed by atoms with Crippen LogP contribution >= 0.6 is 0 Å². The predicted molar refractivity (Wildman–Crippen MR) is 64.9 cm³/mol. The van der Waals surface area contributed by atoms with Gasteiger partial charge in [-0.15, -0.1) is 0 Å². The third kappa shape index (κ3) is 2.62. The van der Waals surface area contributed by atoms with Crippen LogP contribution in [-0.4, -0.2) is 12.6 Å². The van der Waals surface area contributed by atoms with E-state index in [-0.39, 0.29) is 5.82 Å². The van der Waals surface area contributed by atoms with Gasteiger partial charge in [0.05, 0.1) is 0 Å². The second kappa shape index (κ2) is 5.44. The molecule has 1 aromatic carbocycles. The van der Waals surface area contributed by atoms with E-state index in [0.29, 0.717) is 12.0 Å². The Morgan fingerprint density at radius 2 is 2.12 bits per heavy atom. The van der Waals surface area contributed by atoms with Crippen molar-refractivity contribution in [1.82, 2.24) is 5.32 Å². The summed E-state index contributed by atoms with van der Waals surface area (Å²) in [6, 6.07) is 7.75. The average Bonchev–Trinajstić information content (AvgIpc) is 2.70. The second-order valence-electron chi connectivity index (χ2n) is 4.65. The van der Waals surface area contributed by atoms with Crippen LogP contribution in [0.1, 0.15) is 31.7 Å². The van der Waals surface area contributed by atoms with Gasteiger partial charge < -0.3 is 5.32 Å². The summed E-state index contributed by atoms with van der Waals surface area (Å²) in [5.74, 6) is 0.557. The number of hydrogen-bond donors (Lipinski definition) is 1. The molecule has 1 aliphatic rings. The summed E-state index contributed by atoms with van der Waals surface area (Å²) < 4.78 is 13.5. The van der Waals surface area contributed by atoms with Gasteiger partial charge in [-0.3, -0.25) is 0 Å². The van der Waals surface area contributed by atoms with Gasteiger partial charge in [0.2, 0.25) is 0 Å². The van der Waals surface area contributed by atoms with Gasteiger partial charge in [0, 0.05) is 6.04 Å². The number of hydrogen-bond acceptors (Lipinski definition) is 1. The third-order valence-electron chi connectivity index (χ3n) is 3.57. The highest BCUT2D eigenvalue weighted by Crippen LogP contribution is 2.29. The highest BCUT2D eigenvalue weighted by molar-refractivity contribution is 5.18. The van der Waals surface area contributed by atoms with E-state index in [2.05, 4.69) is 12.2 Å². The minimum atomic E-state index is -0.0513. The van der Waals surface area contributed by atoms with E-state index in [1.165, 1.54) is 19.3 Å². The molecule has 1 nitrogen and oxygen atoms in total. The maximum absolute atomic E-state index is 13.5. The molecule has 0 heterocycles. The molecule has 0 aliphatic heterocycles. The van der Waals surface area contributed by atoms with E-state index in [9.17, 15) is 4.39 Å². The minimum Gasteiger partial charge on any atom is -0.314 e. The first-order chi connectivity index (χ1) is 7.81. The van der Waals surface area contributed by atoms with Crippen molar-refractivity contribution in [3.05, 3.63) is 35.6 Å². The lowest BCUT2D eigenvalue weighted by molar-refractivity contribution is 0.401. The summed E-state index contributed by atoms with van der Waals surface area (Å²) in [7, 11) is 0. The molecule has 0 spiro atoms. The molecule has 2 heteroatoms. The summed E-state index contributed by atoms with van der Waals surface area (Å²) in [5, 5.41) is 3.51.